The zero-order valence-electron chi connectivity index (χ0n) is 16.3. The number of fused-ring (bicyclic) bond motifs is 2. The summed E-state index contributed by atoms with van der Waals surface area (Å²) in [4.78, 5) is 23.7. The van der Waals surface area contributed by atoms with Crippen molar-refractivity contribution >= 4 is 23.5 Å². The molecule has 142 valence electrons. The first-order valence-electron chi connectivity index (χ1n) is 9.57. The van der Waals surface area contributed by atoms with E-state index in [9.17, 15) is 9.59 Å². The molecule has 0 saturated carbocycles. The third-order valence-electron chi connectivity index (χ3n) is 4.99. The van der Waals surface area contributed by atoms with Gasteiger partial charge in [0.05, 0.1) is 11.4 Å². The fourth-order valence-corrected chi connectivity index (χ4v) is 3.53. The molecule has 0 bridgehead atoms. The maximum atomic E-state index is 10.8. The van der Waals surface area contributed by atoms with Crippen LogP contribution in [0.3, 0.4) is 0 Å². The SMILES string of the molecule is CCN1C=CC=C2C=C(C=O)C=CC21.CC[n+]1cccc2c(C=O)cccc21. The van der Waals surface area contributed by atoms with Crippen LogP contribution in [-0.4, -0.2) is 30.1 Å². The molecule has 0 saturated heterocycles. The Balaban J connectivity index is 0.000000161. The third kappa shape index (κ3) is 4.01. The molecule has 0 N–H and O–H groups in total. The summed E-state index contributed by atoms with van der Waals surface area (Å²) < 4.78 is 2.13. The molecule has 2 heterocycles. The third-order valence-corrected chi connectivity index (χ3v) is 4.99. The molecule has 1 unspecified atom stereocenters. The van der Waals surface area contributed by atoms with Crippen LogP contribution in [0.4, 0.5) is 0 Å². The second-order valence-electron chi connectivity index (χ2n) is 6.60. The first-order valence-corrected chi connectivity index (χ1v) is 9.57. The number of rotatable bonds is 4. The van der Waals surface area contributed by atoms with Gasteiger partial charge in [-0.15, -0.1) is 0 Å². The molecule has 1 aliphatic carbocycles. The van der Waals surface area contributed by atoms with Gasteiger partial charge in [-0.05, 0) is 43.8 Å². The molecule has 0 fully saturated rings. The number of nitrogens with zero attached hydrogens (tertiary/aromatic N) is 2. The fourth-order valence-electron chi connectivity index (χ4n) is 3.53. The number of benzene rings is 1. The molecule has 1 atom stereocenters. The Morgan fingerprint density at radius 2 is 1.96 bits per heavy atom. The normalized spacial score (nSPS) is 17.2. The van der Waals surface area contributed by atoms with Gasteiger partial charge in [-0.3, -0.25) is 9.59 Å². The number of likely N-dealkylation sites (N-methyl/N-ethyl adjacent to an activating group) is 1. The largest absolute Gasteiger partial charge is 0.367 e. The molecule has 2 aliphatic rings. The quantitative estimate of drug-likeness (QED) is 0.605. The van der Waals surface area contributed by atoms with Crippen molar-refractivity contribution in [3.8, 4) is 0 Å². The fraction of sp³-hybridized carbons (Fsp3) is 0.208. The van der Waals surface area contributed by atoms with E-state index in [2.05, 4.69) is 41.7 Å². The van der Waals surface area contributed by atoms with Crippen LogP contribution in [0.5, 0.6) is 0 Å². The van der Waals surface area contributed by atoms with E-state index in [-0.39, 0.29) is 0 Å². The summed E-state index contributed by atoms with van der Waals surface area (Å²) in [5.41, 5.74) is 3.81. The Morgan fingerprint density at radius 3 is 2.68 bits per heavy atom. The minimum atomic E-state index is 0.314. The summed E-state index contributed by atoms with van der Waals surface area (Å²) in [6.07, 6.45) is 15.9. The van der Waals surface area contributed by atoms with Crippen LogP contribution >= 0.6 is 0 Å². The van der Waals surface area contributed by atoms with Gasteiger partial charge >= 0.3 is 0 Å². The summed E-state index contributed by atoms with van der Waals surface area (Å²) in [6, 6.07) is 10.1. The van der Waals surface area contributed by atoms with E-state index in [1.165, 1.54) is 5.57 Å². The first kappa shape index (κ1) is 19.5. The average Bonchev–Trinajstić information content (AvgIpc) is 2.77. The number of carbonyl (C=O) groups excluding carboxylic acids is 2. The van der Waals surface area contributed by atoms with Crippen molar-refractivity contribution in [2.75, 3.05) is 6.54 Å². The Bertz CT molecular complexity index is 999. The van der Waals surface area contributed by atoms with Crippen molar-refractivity contribution in [1.82, 2.24) is 4.90 Å². The molecule has 4 rings (SSSR count). The molecule has 1 aromatic heterocycles. The highest BCUT2D eigenvalue weighted by atomic mass is 16.1. The van der Waals surface area contributed by atoms with Crippen molar-refractivity contribution < 1.29 is 14.2 Å². The minimum absolute atomic E-state index is 0.314. The molecule has 4 nitrogen and oxygen atoms in total. The summed E-state index contributed by atoms with van der Waals surface area (Å²) in [6.45, 7) is 6.11. The van der Waals surface area contributed by atoms with E-state index >= 15 is 0 Å². The van der Waals surface area contributed by atoms with Gasteiger partial charge in [-0.2, -0.15) is 4.57 Å². The van der Waals surface area contributed by atoms with Gasteiger partial charge in [-0.25, -0.2) is 0 Å². The summed E-state index contributed by atoms with van der Waals surface area (Å²) >= 11 is 0. The lowest BCUT2D eigenvalue weighted by molar-refractivity contribution is -0.667. The van der Waals surface area contributed by atoms with Crippen molar-refractivity contribution in [1.29, 1.82) is 0 Å². The number of pyridine rings is 1. The van der Waals surface area contributed by atoms with E-state index in [1.54, 1.807) is 0 Å². The van der Waals surface area contributed by atoms with Crippen LogP contribution < -0.4 is 4.57 Å². The number of aromatic nitrogens is 1. The number of hydrogen-bond acceptors (Lipinski definition) is 3. The molecule has 0 spiro atoms. The van der Waals surface area contributed by atoms with E-state index in [1.807, 2.05) is 54.8 Å². The molecule has 1 aromatic carbocycles. The van der Waals surface area contributed by atoms with E-state index in [4.69, 9.17) is 0 Å². The number of carbonyl (C=O) groups is 2. The van der Waals surface area contributed by atoms with Gasteiger partial charge in [0.2, 0.25) is 5.52 Å². The van der Waals surface area contributed by atoms with Crippen molar-refractivity contribution in [3.63, 3.8) is 0 Å². The standard InChI is InChI=1S/C12H12NO.C12H13NO/c1-2-13-8-4-6-11-10(9-14)5-3-7-12(11)13;1-2-13-7-3-4-11-8-10(9-14)5-6-12(11)13/h3-9H,2H2,1H3;3-9,12H,2H2,1H3/q+1;. The zero-order chi connectivity index (χ0) is 19.9. The first-order chi connectivity index (χ1) is 13.7. The van der Waals surface area contributed by atoms with Crippen molar-refractivity contribution in [2.45, 2.75) is 26.4 Å². The van der Waals surface area contributed by atoms with Crippen LogP contribution in [-0.2, 0) is 11.3 Å². The second kappa shape index (κ2) is 9.09. The molecule has 0 amide bonds. The van der Waals surface area contributed by atoms with Gasteiger partial charge in [0.1, 0.15) is 12.8 Å². The summed E-state index contributed by atoms with van der Waals surface area (Å²) in [7, 11) is 0. The number of hydrogen-bond donors (Lipinski definition) is 0. The molecular formula is C24H25N2O2+. The predicted octanol–water partition coefficient (Wildman–Crippen LogP) is 3.79. The Kier molecular flexibility index (Phi) is 6.33. The molecule has 2 aromatic rings. The van der Waals surface area contributed by atoms with Gasteiger partial charge in [0.15, 0.2) is 12.5 Å². The van der Waals surface area contributed by atoms with Gasteiger partial charge < -0.3 is 4.90 Å². The summed E-state index contributed by atoms with van der Waals surface area (Å²) in [5.74, 6) is 0. The van der Waals surface area contributed by atoms with Crippen LogP contribution in [0.1, 0.15) is 24.2 Å². The lowest BCUT2D eigenvalue weighted by Crippen LogP contribution is -2.33. The molecular weight excluding hydrogens is 348 g/mol. The van der Waals surface area contributed by atoms with E-state index < -0.39 is 0 Å². The highest BCUT2D eigenvalue weighted by Crippen LogP contribution is 2.23. The van der Waals surface area contributed by atoms with Crippen molar-refractivity contribution in [2.24, 2.45) is 0 Å². The highest BCUT2D eigenvalue weighted by molar-refractivity contribution is 5.95. The number of aldehydes is 2. The molecule has 1 aliphatic heterocycles. The van der Waals surface area contributed by atoms with E-state index in [0.717, 1.165) is 47.7 Å². The average molecular weight is 373 g/mol. The van der Waals surface area contributed by atoms with Crippen LogP contribution in [0.15, 0.2) is 84.3 Å². The van der Waals surface area contributed by atoms with Gasteiger partial charge in [0.25, 0.3) is 0 Å². The van der Waals surface area contributed by atoms with Crippen LogP contribution in [0.25, 0.3) is 10.9 Å². The Morgan fingerprint density at radius 1 is 1.11 bits per heavy atom. The van der Waals surface area contributed by atoms with Gasteiger partial charge in [-0.1, -0.05) is 30.4 Å². The Hall–Kier alpha value is -3.27. The van der Waals surface area contributed by atoms with E-state index in [0.29, 0.717) is 6.04 Å². The highest BCUT2D eigenvalue weighted by Gasteiger charge is 2.19. The number of aryl methyl sites for hydroxylation is 1. The smallest absolute Gasteiger partial charge is 0.213 e. The Labute approximate surface area is 165 Å². The number of allylic oxidation sites excluding steroid dienone is 4. The zero-order valence-corrected chi connectivity index (χ0v) is 16.3. The molecule has 0 radical (unpaired) electrons. The van der Waals surface area contributed by atoms with Gasteiger partial charge in [0, 0.05) is 29.8 Å². The van der Waals surface area contributed by atoms with Crippen molar-refractivity contribution in [3.05, 3.63) is 89.8 Å². The molecule has 28 heavy (non-hydrogen) atoms. The van der Waals surface area contributed by atoms with Crippen LogP contribution in [0, 0.1) is 0 Å². The molecule has 4 heteroatoms. The maximum Gasteiger partial charge on any atom is 0.213 e. The lowest BCUT2D eigenvalue weighted by Gasteiger charge is -2.32. The summed E-state index contributed by atoms with van der Waals surface area (Å²) in [5, 5.41) is 1.02. The topological polar surface area (TPSA) is 41.3 Å². The predicted molar refractivity (Wildman–Crippen MR) is 112 cm³/mol. The maximum absolute atomic E-state index is 10.8. The monoisotopic (exact) mass is 373 g/mol. The minimum Gasteiger partial charge on any atom is -0.367 e. The second-order valence-corrected chi connectivity index (χ2v) is 6.60. The lowest BCUT2D eigenvalue weighted by atomic mass is 9.94. The van der Waals surface area contributed by atoms with Crippen LogP contribution in [0.2, 0.25) is 0 Å².